The maximum atomic E-state index is 11.4. The molecule has 13 rings (SSSR count). The first-order valence-corrected chi connectivity index (χ1v) is 55.7. The number of nitrogens with two attached hydrogens (primary N) is 8. The van der Waals surface area contributed by atoms with E-state index in [1.54, 1.807) is 30.3 Å². The quantitative estimate of drug-likeness (QED) is 0.0492. The molecule has 136 heavy (non-hydrogen) atoms. The van der Waals surface area contributed by atoms with Gasteiger partial charge in [0.25, 0.3) is 152 Å². The van der Waals surface area contributed by atoms with Gasteiger partial charge in [0, 0.05) is 71.5 Å². The number of para-hydroxylation sites is 1. The fourth-order valence-corrected chi connectivity index (χ4v) is 20.9. The van der Waals surface area contributed by atoms with E-state index in [2.05, 4.69) is 0 Å². The number of hydrogen-bond acceptors (Lipinski definition) is 38. The Labute approximate surface area is 770 Å². The Morgan fingerprint density at radius 2 is 0.426 bits per heavy atom. The van der Waals surface area contributed by atoms with Crippen LogP contribution in [0.1, 0.15) is 0 Å². The third kappa shape index (κ3) is 30.4. The predicted molar refractivity (Wildman–Crippen MR) is 482 cm³/mol. The molecule has 0 bridgehead atoms. The maximum Gasteiger partial charge on any atom is 0.296 e. The van der Waals surface area contributed by atoms with Crippen LogP contribution in [-0.4, -0.2) is 195 Å². The van der Waals surface area contributed by atoms with Gasteiger partial charge in [-0.05, 0) is 168 Å². The number of anilines is 8. The average Bonchev–Trinajstić information content (AvgIpc) is 0.723. The second-order valence-corrected chi connectivity index (χ2v) is 47.5. The van der Waals surface area contributed by atoms with Gasteiger partial charge in [-0.15, -0.1) is 0 Å². The summed E-state index contributed by atoms with van der Waals surface area (Å²) < 4.78 is 466. The number of hydrogen-bond donors (Lipinski definition) is 23. The zero-order valence-electron chi connectivity index (χ0n) is 66.4. The molecule has 68 heteroatoms. The van der Waals surface area contributed by atoms with Crippen LogP contribution < -0.4 is 45.9 Å². The van der Waals surface area contributed by atoms with Crippen LogP contribution in [0.15, 0.2) is 286 Å². The van der Waals surface area contributed by atoms with Crippen LogP contribution in [0.4, 0.5) is 45.5 Å². The number of rotatable bonds is 15. The van der Waals surface area contributed by atoms with Gasteiger partial charge in [0.1, 0.15) is 49.0 Å². The average molecular weight is 2200 g/mol. The van der Waals surface area contributed by atoms with Crippen LogP contribution in [0.25, 0.3) is 53.9 Å². The second kappa shape index (κ2) is 40.9. The molecule has 53 nitrogen and oxygen atoms in total. The topological polar surface area (TPSA) is 1020 Å². The smallest absolute Gasteiger partial charge is 0.296 e. The van der Waals surface area contributed by atoms with Crippen LogP contribution in [0.2, 0.25) is 0 Å². The van der Waals surface area contributed by atoms with Crippen LogP contribution in [0.3, 0.4) is 0 Å². The molecule has 0 unspecified atom stereocenters. The number of fused-ring (bicyclic) bond motifs is 5. The summed E-state index contributed by atoms with van der Waals surface area (Å²) in [7, 11) is -69.1. The van der Waals surface area contributed by atoms with Gasteiger partial charge in [-0.3, -0.25) is 68.3 Å². The molecule has 0 aliphatic rings. The van der Waals surface area contributed by atoms with E-state index in [9.17, 15) is 140 Å². The first-order chi connectivity index (χ1) is 61.2. The minimum Gasteiger partial charge on any atom is -0.399 e. The molecule has 0 heterocycles. The van der Waals surface area contributed by atoms with Crippen molar-refractivity contribution in [1.82, 2.24) is 0 Å². The molecule has 0 fully saturated rings. The zero-order chi connectivity index (χ0) is 104. The molecule has 738 valence electrons. The molecule has 0 saturated heterocycles. The van der Waals surface area contributed by atoms with Gasteiger partial charge in [0.15, 0.2) is 0 Å². The lowest BCUT2D eigenvalue weighted by Crippen LogP contribution is -2.07. The zero-order valence-corrected chi connectivity index (χ0v) is 78.7. The van der Waals surface area contributed by atoms with Crippen molar-refractivity contribution in [3.05, 3.63) is 212 Å². The van der Waals surface area contributed by atoms with E-state index in [-0.39, 0.29) is 69.8 Å². The lowest BCUT2D eigenvalue weighted by Gasteiger charge is -2.11. The monoisotopic (exact) mass is 2190 g/mol. The summed E-state index contributed by atoms with van der Waals surface area (Å²) in [5.41, 5.74) is 43.2. The van der Waals surface area contributed by atoms with E-state index >= 15 is 0 Å². The van der Waals surface area contributed by atoms with E-state index in [0.717, 1.165) is 60.7 Å². The Morgan fingerprint density at radius 3 is 0.831 bits per heavy atom. The van der Waals surface area contributed by atoms with Crippen molar-refractivity contribution < 1.29 is 195 Å². The van der Waals surface area contributed by atoms with E-state index in [0.29, 0.717) is 52.5 Å². The fraction of sp³-hybridized carbons (Fsp3) is 0. The molecule has 13 aromatic carbocycles. The number of benzene rings is 13. The van der Waals surface area contributed by atoms with Gasteiger partial charge in [-0.1, -0.05) is 54.6 Å². The van der Waals surface area contributed by atoms with Crippen molar-refractivity contribution >= 4 is 251 Å². The minimum absolute atomic E-state index is 0.0492. The highest BCUT2D eigenvalue weighted by molar-refractivity contribution is 7.90. The molecular formula is C68H66N8O45S15. The van der Waals surface area contributed by atoms with Crippen molar-refractivity contribution in [3.63, 3.8) is 0 Å². The highest BCUT2D eigenvalue weighted by atomic mass is 32.3. The Hall–Kier alpha value is -11.8. The predicted octanol–water partition coefficient (Wildman–Crippen LogP) is 4.62. The molecule has 31 N–H and O–H groups in total. The van der Waals surface area contributed by atoms with Gasteiger partial charge >= 0.3 is 0 Å². The molecule has 0 spiro atoms. The van der Waals surface area contributed by atoms with Crippen molar-refractivity contribution in [1.29, 1.82) is 0 Å². The van der Waals surface area contributed by atoms with Crippen molar-refractivity contribution in [3.8, 4) is 0 Å². The van der Waals surface area contributed by atoms with Gasteiger partial charge in [0.05, 0.1) is 41.5 Å². The van der Waals surface area contributed by atoms with Crippen molar-refractivity contribution in [2.45, 2.75) is 73.4 Å². The summed E-state index contributed by atoms with van der Waals surface area (Å²) in [5, 5.41) is -0.444. The number of nitrogen functional groups attached to an aromatic ring is 8. The van der Waals surface area contributed by atoms with Gasteiger partial charge in [0.2, 0.25) is 0 Å². The summed E-state index contributed by atoms with van der Waals surface area (Å²) in [6.07, 6.45) is 0. The van der Waals surface area contributed by atoms with E-state index < -0.39 is 233 Å². The van der Waals surface area contributed by atoms with Gasteiger partial charge in [-0.25, -0.2) is 0 Å². The minimum atomic E-state index is -5.00. The molecular weight excluding hydrogens is 2130 g/mol. The fourth-order valence-electron chi connectivity index (χ4n) is 11.2. The summed E-state index contributed by atoms with van der Waals surface area (Å²) in [4.78, 5) is -9.42. The third-order valence-electron chi connectivity index (χ3n) is 16.8. The van der Waals surface area contributed by atoms with Crippen LogP contribution >= 0.6 is 0 Å². The van der Waals surface area contributed by atoms with E-state index in [1.165, 1.54) is 91.0 Å². The summed E-state index contributed by atoms with van der Waals surface area (Å²) in [6, 6.07) is 40.1. The Morgan fingerprint density at radius 1 is 0.140 bits per heavy atom. The first-order valence-electron chi connectivity index (χ1n) is 34.1. The van der Waals surface area contributed by atoms with Crippen molar-refractivity contribution in [2.24, 2.45) is 0 Å². The second-order valence-electron chi connectivity index (χ2n) is 26.5. The molecule has 0 atom stereocenters. The maximum absolute atomic E-state index is 11.4. The molecule has 0 aliphatic carbocycles. The van der Waals surface area contributed by atoms with E-state index in [4.69, 9.17) is 101 Å². The standard InChI is InChI=1S/2C10H9NO9S3.2C10H9NO6S2.C10H9NO3S.C6H7NO6S2.2C6H7NO3S/c11-5-1-7-8(9(2-5)22(15,16)17)3-6(21(12,13)14)4-10(7)23(18,19)20;11-8-4-7-5(2-10(8)23(18,19)20)1-6(21(12,13)14)3-9(7)22(15,16)17;11-7-2-1-6-3-8(18(12,13)14)5-10(9(6)4-7)19(15,16)17;11-6-4-8-7(10(5-6)19(15,16)17)2-1-3-9(8)18(12,13)14;11-9-5-6-10(15(12,13)14)8-4-2-1-3-7(8)9;7-5-3-4(14(8,9)10)1-2-6(5)15(11,12)13;7-5-1-3-6(4-2-5)11(8,9)10;7-5-3-1-2-4-6(5)11(8,9)10/h2*1-4H,11H2,(H,12,13,14)(H,15,16,17)(H,18,19,20);2*1-5H,11H2,(H,12,13,14)(H,15,16,17);1-6H,11H2,(H,12,13,14);1-3H,7H2,(H,8,9,10)(H,11,12,13);2*1-4H,7H2,(H,8,9,10). The first kappa shape index (κ1) is 113. The Bertz CT molecular complexity index is 8950. The van der Waals surface area contributed by atoms with Crippen LogP contribution in [-0.2, 0) is 152 Å². The van der Waals surface area contributed by atoms with Crippen molar-refractivity contribution in [2.75, 3.05) is 45.9 Å². The largest absolute Gasteiger partial charge is 0.399 e. The SMILES string of the molecule is Nc1cc(S(=O)(=O)O)c2cc(S(=O)(=O)O)cc(S(=O)(=O)O)c2c1.Nc1cc(S(=O)(=O)O)c2cccc(S(=O)(=O)O)c2c1.Nc1cc(S(=O)(=O)O)ccc1S(=O)(=O)O.Nc1cc2c(S(=O)(=O)O)cc(S(=O)(=O)O)cc2cc1S(=O)(=O)O.Nc1ccc(S(=O)(=O)O)c2ccccc12.Nc1ccc(S(=O)(=O)O)cc1.Nc1ccc2cc(S(=O)(=O)O)cc(S(=O)(=O)O)c2c1.Nc1ccccc1S(=O)(=O)O. The van der Waals surface area contributed by atoms with E-state index in [1.807, 2.05) is 0 Å². The Balaban J connectivity index is 0.000000241. The molecule has 0 aliphatic heterocycles. The molecule has 0 saturated carbocycles. The highest BCUT2D eigenvalue weighted by Gasteiger charge is 2.30. The lowest BCUT2D eigenvalue weighted by molar-refractivity contribution is 0.477. The van der Waals surface area contributed by atoms with Crippen LogP contribution in [0.5, 0.6) is 0 Å². The normalized spacial score (nSPS) is 12.6. The van der Waals surface area contributed by atoms with Gasteiger partial charge < -0.3 is 45.9 Å². The molecule has 0 aromatic heterocycles. The summed E-state index contributed by atoms with van der Waals surface area (Å²) in [6.45, 7) is 0. The lowest BCUT2D eigenvalue weighted by atomic mass is 10.1. The third-order valence-corrected chi connectivity index (χ3v) is 30.1. The Kier molecular flexibility index (Phi) is 33.9. The summed E-state index contributed by atoms with van der Waals surface area (Å²) in [5.74, 6) is 0. The molecule has 0 radical (unpaired) electrons. The molecule has 0 amide bonds. The molecule has 13 aromatic rings. The van der Waals surface area contributed by atoms with Crippen LogP contribution in [0, 0.1) is 0 Å². The highest BCUT2D eigenvalue weighted by Crippen LogP contribution is 2.38. The summed E-state index contributed by atoms with van der Waals surface area (Å²) >= 11 is 0. The van der Waals surface area contributed by atoms with Gasteiger partial charge in [-0.2, -0.15) is 126 Å².